The Bertz CT molecular complexity index is 1420. The van der Waals surface area contributed by atoms with Gasteiger partial charge in [0, 0.05) is 30.2 Å². The molecule has 0 amide bonds. The van der Waals surface area contributed by atoms with E-state index in [1.54, 1.807) is 32.2 Å². The van der Waals surface area contributed by atoms with Gasteiger partial charge in [-0.1, -0.05) is 24.3 Å². The van der Waals surface area contributed by atoms with Crippen molar-refractivity contribution in [3.8, 4) is 22.9 Å². The van der Waals surface area contributed by atoms with Crippen molar-refractivity contribution in [2.45, 2.75) is 33.1 Å². The molecule has 0 aliphatic rings. The standard InChI is InChI=1S/C29H28N2O5/c1-3-34-28(32)14-23-8-7-20(16-31)12-27(23)35-17-21-10-24-13-25(18-33-2)36-29(24)26(11-21)22-6-4-5-19(9-22)15-30/h4-13H,3,14-15,17-18,30H2,1-2H3. The van der Waals surface area contributed by atoms with Crippen LogP contribution in [0.4, 0.5) is 0 Å². The molecule has 0 saturated heterocycles. The van der Waals surface area contributed by atoms with Gasteiger partial charge in [-0.3, -0.25) is 4.79 Å². The Kier molecular flexibility index (Phi) is 8.01. The Hall–Kier alpha value is -4.12. The first-order chi connectivity index (χ1) is 17.5. The molecular weight excluding hydrogens is 456 g/mol. The number of hydrogen-bond donors (Lipinski definition) is 1. The Morgan fingerprint density at radius 1 is 1.06 bits per heavy atom. The first-order valence-corrected chi connectivity index (χ1v) is 11.7. The lowest BCUT2D eigenvalue weighted by atomic mass is 9.99. The number of rotatable bonds is 10. The van der Waals surface area contributed by atoms with E-state index in [0.29, 0.717) is 36.6 Å². The van der Waals surface area contributed by atoms with Gasteiger partial charge in [0.15, 0.2) is 0 Å². The van der Waals surface area contributed by atoms with Crippen LogP contribution in [0.3, 0.4) is 0 Å². The smallest absolute Gasteiger partial charge is 0.310 e. The van der Waals surface area contributed by atoms with Gasteiger partial charge >= 0.3 is 5.97 Å². The fraction of sp³-hybridized carbons (Fsp3) is 0.241. The van der Waals surface area contributed by atoms with Crippen LogP contribution in [0.15, 0.2) is 65.1 Å². The number of esters is 1. The third-order valence-electron chi connectivity index (χ3n) is 5.72. The van der Waals surface area contributed by atoms with Crippen molar-refractivity contribution in [1.29, 1.82) is 5.26 Å². The van der Waals surface area contributed by atoms with Crippen LogP contribution in [0.2, 0.25) is 0 Å². The van der Waals surface area contributed by atoms with E-state index in [-0.39, 0.29) is 19.0 Å². The molecule has 4 rings (SSSR count). The molecule has 0 saturated carbocycles. The van der Waals surface area contributed by atoms with Gasteiger partial charge in [0.1, 0.15) is 30.3 Å². The fourth-order valence-corrected chi connectivity index (χ4v) is 4.08. The summed E-state index contributed by atoms with van der Waals surface area (Å²) in [6.07, 6.45) is 0.0627. The van der Waals surface area contributed by atoms with Crippen molar-refractivity contribution in [2.24, 2.45) is 5.73 Å². The zero-order valence-electron chi connectivity index (χ0n) is 20.4. The van der Waals surface area contributed by atoms with Crippen molar-refractivity contribution in [3.63, 3.8) is 0 Å². The second-order valence-corrected chi connectivity index (χ2v) is 8.32. The van der Waals surface area contributed by atoms with Gasteiger partial charge in [-0.05, 0) is 60.0 Å². The van der Waals surface area contributed by atoms with Crippen molar-refractivity contribution in [1.82, 2.24) is 0 Å². The quantitative estimate of drug-likeness (QED) is 0.306. The Labute approximate surface area is 210 Å². The molecule has 184 valence electrons. The molecule has 4 aromatic rings. The van der Waals surface area contributed by atoms with E-state index >= 15 is 0 Å². The molecule has 3 aromatic carbocycles. The van der Waals surface area contributed by atoms with E-state index in [9.17, 15) is 10.1 Å². The first-order valence-electron chi connectivity index (χ1n) is 11.7. The van der Waals surface area contributed by atoms with Gasteiger partial charge in [0.25, 0.3) is 0 Å². The number of methoxy groups -OCH3 is 1. The summed E-state index contributed by atoms with van der Waals surface area (Å²) in [5.41, 5.74) is 11.6. The van der Waals surface area contributed by atoms with E-state index in [0.717, 1.165) is 39.0 Å². The van der Waals surface area contributed by atoms with Gasteiger partial charge in [0.05, 0.1) is 24.7 Å². The molecule has 7 heteroatoms. The van der Waals surface area contributed by atoms with Gasteiger partial charge in [-0.2, -0.15) is 5.26 Å². The molecule has 7 nitrogen and oxygen atoms in total. The van der Waals surface area contributed by atoms with Crippen LogP contribution in [0.25, 0.3) is 22.1 Å². The number of furan rings is 1. The molecule has 0 aliphatic carbocycles. The van der Waals surface area contributed by atoms with E-state index in [4.69, 9.17) is 24.4 Å². The monoisotopic (exact) mass is 484 g/mol. The second-order valence-electron chi connectivity index (χ2n) is 8.32. The largest absolute Gasteiger partial charge is 0.489 e. The minimum atomic E-state index is -0.348. The number of nitriles is 1. The van der Waals surface area contributed by atoms with Crippen LogP contribution in [-0.2, 0) is 40.4 Å². The van der Waals surface area contributed by atoms with E-state index in [1.165, 1.54) is 0 Å². The normalized spacial score (nSPS) is 10.8. The zero-order chi connectivity index (χ0) is 25.5. The minimum absolute atomic E-state index is 0.0627. The van der Waals surface area contributed by atoms with Crippen LogP contribution in [0.5, 0.6) is 5.75 Å². The molecule has 1 aromatic heterocycles. The highest BCUT2D eigenvalue weighted by Crippen LogP contribution is 2.34. The Morgan fingerprint density at radius 2 is 1.92 bits per heavy atom. The van der Waals surface area contributed by atoms with Crippen LogP contribution in [0, 0.1) is 11.3 Å². The molecule has 0 aliphatic heterocycles. The number of benzene rings is 3. The number of fused-ring (bicyclic) bond motifs is 1. The van der Waals surface area contributed by atoms with Crippen LogP contribution < -0.4 is 10.5 Å². The second kappa shape index (κ2) is 11.5. The topological polar surface area (TPSA) is 108 Å². The lowest BCUT2D eigenvalue weighted by Crippen LogP contribution is -2.09. The maximum Gasteiger partial charge on any atom is 0.310 e. The summed E-state index contributed by atoms with van der Waals surface area (Å²) in [6, 6.07) is 21.2. The molecule has 2 N–H and O–H groups in total. The molecule has 1 heterocycles. The zero-order valence-corrected chi connectivity index (χ0v) is 20.4. The fourth-order valence-electron chi connectivity index (χ4n) is 4.08. The molecule has 0 bridgehead atoms. The van der Waals surface area contributed by atoms with Crippen LogP contribution in [-0.4, -0.2) is 19.7 Å². The third kappa shape index (κ3) is 5.74. The van der Waals surface area contributed by atoms with E-state index in [2.05, 4.69) is 6.07 Å². The highest BCUT2D eigenvalue weighted by molar-refractivity contribution is 5.93. The predicted molar refractivity (Wildman–Crippen MR) is 136 cm³/mol. The van der Waals surface area contributed by atoms with Gasteiger partial charge in [0.2, 0.25) is 0 Å². The minimum Gasteiger partial charge on any atom is -0.489 e. The van der Waals surface area contributed by atoms with Crippen molar-refractivity contribution in [2.75, 3.05) is 13.7 Å². The number of nitrogens with two attached hydrogens (primary N) is 1. The molecule has 0 unspecified atom stereocenters. The third-order valence-corrected chi connectivity index (χ3v) is 5.72. The average Bonchev–Trinajstić information content (AvgIpc) is 3.30. The van der Waals surface area contributed by atoms with Crippen molar-refractivity contribution >= 4 is 16.9 Å². The van der Waals surface area contributed by atoms with Crippen LogP contribution in [0.1, 0.15) is 34.9 Å². The van der Waals surface area contributed by atoms with Crippen molar-refractivity contribution < 1.29 is 23.4 Å². The number of ether oxygens (including phenoxy) is 3. The molecule has 0 spiro atoms. The molecular formula is C29H28N2O5. The summed E-state index contributed by atoms with van der Waals surface area (Å²) in [5.74, 6) is 0.848. The van der Waals surface area contributed by atoms with Crippen LogP contribution >= 0.6 is 0 Å². The molecule has 36 heavy (non-hydrogen) atoms. The lowest BCUT2D eigenvalue weighted by Gasteiger charge is -2.13. The molecule has 0 fully saturated rings. The number of carbonyl (C=O) groups excluding carboxylic acids is 1. The maximum atomic E-state index is 12.1. The lowest BCUT2D eigenvalue weighted by molar-refractivity contribution is -0.142. The van der Waals surface area contributed by atoms with Gasteiger partial charge in [-0.15, -0.1) is 0 Å². The summed E-state index contributed by atoms with van der Waals surface area (Å²) in [6.45, 7) is 3.09. The average molecular weight is 485 g/mol. The molecule has 0 radical (unpaired) electrons. The summed E-state index contributed by atoms with van der Waals surface area (Å²) in [5, 5.41) is 10.3. The summed E-state index contributed by atoms with van der Waals surface area (Å²) < 4.78 is 22.6. The Balaban J connectivity index is 1.70. The van der Waals surface area contributed by atoms with Crippen molar-refractivity contribution in [3.05, 3.63) is 88.7 Å². The number of hydrogen-bond acceptors (Lipinski definition) is 7. The first kappa shape index (κ1) is 25.0. The highest BCUT2D eigenvalue weighted by atomic mass is 16.5. The molecule has 0 atom stereocenters. The van der Waals surface area contributed by atoms with Gasteiger partial charge in [-0.25, -0.2) is 0 Å². The van der Waals surface area contributed by atoms with E-state index in [1.807, 2.05) is 42.5 Å². The predicted octanol–water partition coefficient (Wildman–Crippen LogP) is 5.26. The highest BCUT2D eigenvalue weighted by Gasteiger charge is 2.15. The number of carbonyl (C=O) groups is 1. The summed E-state index contributed by atoms with van der Waals surface area (Å²) >= 11 is 0. The Morgan fingerprint density at radius 3 is 2.67 bits per heavy atom. The maximum absolute atomic E-state index is 12.1. The SMILES string of the molecule is CCOC(=O)Cc1ccc(C#N)cc1OCc1cc(-c2cccc(CN)c2)c2oc(COC)cc2c1. The van der Waals surface area contributed by atoms with Gasteiger partial charge < -0.3 is 24.4 Å². The summed E-state index contributed by atoms with van der Waals surface area (Å²) in [7, 11) is 1.63. The number of nitrogens with zero attached hydrogens (tertiary/aromatic N) is 1. The van der Waals surface area contributed by atoms with E-state index < -0.39 is 0 Å². The summed E-state index contributed by atoms with van der Waals surface area (Å²) in [4.78, 5) is 12.1.